The smallest absolute Gasteiger partial charge is 0.243 e. The molecule has 25 heavy (non-hydrogen) atoms. The van der Waals surface area contributed by atoms with Crippen molar-refractivity contribution in [2.24, 2.45) is 10.8 Å². The normalized spacial score (nSPS) is 42.1. The number of aliphatic hydroxyl groups is 1. The first-order chi connectivity index (χ1) is 11.9. The predicted molar refractivity (Wildman–Crippen MR) is 101 cm³/mol. The van der Waals surface area contributed by atoms with Gasteiger partial charge in [-0.25, -0.2) is 0 Å². The van der Waals surface area contributed by atoms with E-state index in [4.69, 9.17) is 0 Å². The molecular weight excluding hydrogens is 380 g/mol. The molecule has 5 heteroatoms. The number of benzene rings is 1. The monoisotopic (exact) mass is 410 g/mol. The Labute approximate surface area is 158 Å². The third kappa shape index (κ3) is 2.58. The molecule has 0 radical (unpaired) electrons. The van der Waals surface area contributed by atoms with Crippen molar-refractivity contribution >= 4 is 15.9 Å². The summed E-state index contributed by atoms with van der Waals surface area (Å²) >= 11 is 3.57. The van der Waals surface area contributed by atoms with Gasteiger partial charge in [0.15, 0.2) is 0 Å². The fraction of sp³-hybridized carbons (Fsp3) is 0.700. The molecule has 0 amide bonds. The largest absolute Gasteiger partial charge is 0.507 e. The van der Waals surface area contributed by atoms with Gasteiger partial charge in [-0.2, -0.15) is 0 Å². The van der Waals surface area contributed by atoms with Crippen molar-refractivity contribution in [1.29, 1.82) is 0 Å². The van der Waals surface area contributed by atoms with E-state index < -0.39 is 0 Å². The van der Waals surface area contributed by atoms with Gasteiger partial charge in [0.05, 0.1) is 43.1 Å². The maximum atomic E-state index is 11.4. The number of aliphatic hydroxyl groups excluding tert-OH is 1. The van der Waals surface area contributed by atoms with Crippen LogP contribution in [0, 0.1) is 10.8 Å². The van der Waals surface area contributed by atoms with Gasteiger partial charge in [-0.1, -0.05) is 42.6 Å². The number of nitrogens with one attached hydrogen (secondary N) is 2. The summed E-state index contributed by atoms with van der Waals surface area (Å²) in [6.07, 6.45) is 4.62. The van der Waals surface area contributed by atoms with Crippen LogP contribution in [0.4, 0.5) is 0 Å². The second kappa shape index (κ2) is 6.22. The van der Waals surface area contributed by atoms with E-state index in [-0.39, 0.29) is 16.9 Å². The molecule has 4 aliphatic rings. The molecule has 0 saturated carbocycles. The van der Waals surface area contributed by atoms with Gasteiger partial charge in [0.25, 0.3) is 0 Å². The van der Waals surface area contributed by atoms with E-state index in [0.717, 1.165) is 61.9 Å². The van der Waals surface area contributed by atoms with E-state index in [2.05, 4.69) is 35.8 Å². The summed E-state index contributed by atoms with van der Waals surface area (Å²) in [7, 11) is 0. The zero-order valence-corrected chi connectivity index (χ0v) is 16.9. The molecule has 4 saturated heterocycles. The van der Waals surface area contributed by atoms with Crippen molar-refractivity contribution in [3.8, 4) is 5.75 Å². The highest BCUT2D eigenvalue weighted by Gasteiger charge is 2.70. The van der Waals surface area contributed by atoms with Crippen LogP contribution in [0.25, 0.3) is 0 Å². The Morgan fingerprint density at radius 1 is 1.04 bits per heavy atom. The number of hydrogen-bond donors (Lipinski definition) is 4. The van der Waals surface area contributed by atoms with Crippen LogP contribution in [0.1, 0.15) is 51.3 Å². The Morgan fingerprint density at radius 2 is 1.56 bits per heavy atom. The van der Waals surface area contributed by atoms with Crippen molar-refractivity contribution in [3.05, 3.63) is 28.2 Å². The number of phenolic OH excluding ortho intramolecular Hbond substituents is 1. The van der Waals surface area contributed by atoms with Crippen LogP contribution in [-0.2, 0) is 0 Å². The van der Waals surface area contributed by atoms with Gasteiger partial charge in [0.2, 0.25) is 6.17 Å². The lowest BCUT2D eigenvalue weighted by molar-refractivity contribution is -1.19. The highest BCUT2D eigenvalue weighted by Crippen LogP contribution is 2.46. The molecule has 4 heterocycles. The zero-order chi connectivity index (χ0) is 17.8. The van der Waals surface area contributed by atoms with E-state index in [1.807, 2.05) is 12.1 Å². The van der Waals surface area contributed by atoms with Crippen LogP contribution in [-0.4, -0.2) is 42.5 Å². The second-order valence-corrected chi connectivity index (χ2v) is 9.70. The van der Waals surface area contributed by atoms with E-state index in [0.29, 0.717) is 11.9 Å². The minimum atomic E-state index is -0.163. The fourth-order valence-electron chi connectivity index (χ4n) is 6.61. The zero-order valence-electron chi connectivity index (χ0n) is 15.3. The number of hydrogen-bond acceptors (Lipinski definition) is 2. The van der Waals surface area contributed by atoms with Gasteiger partial charge in [-0.15, -0.1) is 0 Å². The Morgan fingerprint density at radius 3 is 2.04 bits per heavy atom. The first-order valence-electron chi connectivity index (χ1n) is 9.80. The first kappa shape index (κ1) is 17.8. The number of halogens is 1. The molecule has 0 aromatic heterocycles. The van der Waals surface area contributed by atoms with E-state index in [9.17, 15) is 10.2 Å². The van der Waals surface area contributed by atoms with Gasteiger partial charge in [0.1, 0.15) is 11.3 Å². The Bertz CT molecular complexity index is 623. The number of rotatable bonds is 5. The molecule has 0 unspecified atom stereocenters. The number of phenols is 1. The molecule has 4 fully saturated rings. The fourth-order valence-corrected chi connectivity index (χ4v) is 6.99. The standard InChI is InChI=1S/C20H29BrN2O2/c1-3-7-19-10-22-12-20(8-4-2,18(19)25)13-23(11-19)17(22)15-9-14(21)5-6-16(15)24/h5-6,9,17-18,24-25H,3-4,7-8,10-13H2,1-2H3/p+2. The highest BCUT2D eigenvalue weighted by molar-refractivity contribution is 9.10. The SMILES string of the molecule is CCCC12C[NH+]3CC(CCC)(C[NH+](C1)C3c1cc(Br)ccc1O)C2O. The molecule has 4 aliphatic heterocycles. The van der Waals surface area contributed by atoms with Gasteiger partial charge < -0.3 is 10.2 Å². The highest BCUT2D eigenvalue weighted by atomic mass is 79.9. The summed E-state index contributed by atoms with van der Waals surface area (Å²) in [6, 6.07) is 5.81. The van der Waals surface area contributed by atoms with Crippen LogP contribution in [0.15, 0.2) is 22.7 Å². The molecule has 4 nitrogen and oxygen atoms in total. The van der Waals surface area contributed by atoms with Crippen LogP contribution < -0.4 is 9.80 Å². The lowest BCUT2D eigenvalue weighted by atomic mass is 9.56. The van der Waals surface area contributed by atoms with E-state index in [1.165, 1.54) is 0 Å². The minimum Gasteiger partial charge on any atom is -0.507 e. The average Bonchev–Trinajstić information content (AvgIpc) is 2.55. The number of aromatic hydroxyl groups is 1. The summed E-state index contributed by atoms with van der Waals surface area (Å²) in [5.41, 5.74) is 1.18. The van der Waals surface area contributed by atoms with Gasteiger partial charge in [-0.3, -0.25) is 9.80 Å². The molecule has 0 aliphatic carbocycles. The molecule has 4 bridgehead atoms. The van der Waals surface area contributed by atoms with Crippen molar-refractivity contribution in [2.45, 2.75) is 51.8 Å². The molecule has 138 valence electrons. The summed E-state index contributed by atoms with van der Waals surface area (Å²) in [5, 5.41) is 21.9. The van der Waals surface area contributed by atoms with Gasteiger partial charge in [-0.05, 0) is 31.0 Å². The minimum absolute atomic E-state index is 0.0587. The third-order valence-corrected chi connectivity index (χ3v) is 7.58. The summed E-state index contributed by atoms with van der Waals surface area (Å²) < 4.78 is 1.03. The maximum Gasteiger partial charge on any atom is 0.243 e. The Hall–Kier alpha value is -0.620. The quantitative estimate of drug-likeness (QED) is 0.582. The lowest BCUT2D eigenvalue weighted by Crippen LogP contribution is -3.41. The molecule has 0 spiro atoms. The van der Waals surface area contributed by atoms with Crippen LogP contribution >= 0.6 is 15.9 Å². The summed E-state index contributed by atoms with van der Waals surface area (Å²) in [6.45, 7) is 8.62. The van der Waals surface area contributed by atoms with Crippen molar-refractivity contribution < 1.29 is 20.0 Å². The first-order valence-corrected chi connectivity index (χ1v) is 10.6. The van der Waals surface area contributed by atoms with Crippen molar-refractivity contribution in [3.63, 3.8) is 0 Å². The second-order valence-electron chi connectivity index (χ2n) is 8.79. The molecule has 4 N–H and O–H groups in total. The maximum absolute atomic E-state index is 11.4. The average molecular weight is 411 g/mol. The predicted octanol–water partition coefficient (Wildman–Crippen LogP) is 0.898. The topological polar surface area (TPSA) is 49.3 Å². The number of quaternary nitrogens is 2. The van der Waals surface area contributed by atoms with Gasteiger partial charge >= 0.3 is 0 Å². The van der Waals surface area contributed by atoms with E-state index >= 15 is 0 Å². The van der Waals surface area contributed by atoms with Crippen LogP contribution in [0.5, 0.6) is 5.75 Å². The molecule has 5 rings (SSSR count). The summed E-state index contributed by atoms with van der Waals surface area (Å²) in [5.74, 6) is 0.412. The molecular formula is C20H31BrN2O2+2. The van der Waals surface area contributed by atoms with Crippen molar-refractivity contribution in [2.75, 3.05) is 26.2 Å². The molecule has 0 atom stereocenters. The third-order valence-electron chi connectivity index (χ3n) is 7.09. The van der Waals surface area contributed by atoms with E-state index in [1.54, 1.807) is 9.80 Å². The van der Waals surface area contributed by atoms with Crippen LogP contribution in [0.3, 0.4) is 0 Å². The van der Waals surface area contributed by atoms with Crippen LogP contribution in [0.2, 0.25) is 0 Å². The molecule has 1 aromatic rings. The van der Waals surface area contributed by atoms with Crippen molar-refractivity contribution in [1.82, 2.24) is 0 Å². The Balaban J connectivity index is 1.75. The Kier molecular flexibility index (Phi) is 4.42. The number of piperidine rings is 2. The summed E-state index contributed by atoms with van der Waals surface area (Å²) in [4.78, 5) is 3.13. The van der Waals surface area contributed by atoms with Gasteiger partial charge in [0, 0.05) is 4.47 Å². The lowest BCUT2D eigenvalue weighted by Gasteiger charge is -2.64. The molecule has 1 aromatic carbocycles.